The number of amides is 2. The van der Waals surface area contributed by atoms with E-state index >= 15 is 0 Å². The van der Waals surface area contributed by atoms with Gasteiger partial charge in [0.1, 0.15) is 0 Å². The lowest BCUT2D eigenvalue weighted by atomic mass is 10.0. The maximum atomic E-state index is 13.6. The molecular weight excluding hydrogens is 399 g/mol. The zero-order valence-electron chi connectivity index (χ0n) is 16.6. The van der Waals surface area contributed by atoms with E-state index in [-0.39, 0.29) is 18.9 Å². The average molecular weight is 422 g/mol. The Morgan fingerprint density at radius 1 is 0.933 bits per heavy atom. The second-order valence-corrected chi connectivity index (χ2v) is 7.00. The summed E-state index contributed by atoms with van der Waals surface area (Å²) < 4.78 is 39.8. The van der Waals surface area contributed by atoms with Gasteiger partial charge >= 0.3 is 0 Å². The Bertz CT molecular complexity index is 922. The molecule has 0 heterocycles. The molecular formula is C21H23F3N3O3+. The standard InChI is InChI=1S/C21H22F3N3O3/c1-13(28)17(10-14-6-4-3-5-7-14)26-19(30)12-27(2)11-18(29)25-16-9-8-15(22)20(23)21(16)24/h3-9,17H,10-12H2,1-2H3,(H,25,29)(H,26,30)/p+1/t17-/m0/s1. The molecule has 0 bridgehead atoms. The average Bonchev–Trinajstić information content (AvgIpc) is 2.68. The summed E-state index contributed by atoms with van der Waals surface area (Å²) >= 11 is 0. The number of quaternary nitrogens is 1. The van der Waals surface area contributed by atoms with Crippen molar-refractivity contribution in [3.8, 4) is 0 Å². The van der Waals surface area contributed by atoms with Gasteiger partial charge in [-0.1, -0.05) is 30.3 Å². The zero-order valence-corrected chi connectivity index (χ0v) is 16.6. The van der Waals surface area contributed by atoms with E-state index in [1.54, 1.807) is 7.05 Å². The number of hydrogen-bond acceptors (Lipinski definition) is 3. The molecule has 2 aromatic carbocycles. The van der Waals surface area contributed by atoms with Gasteiger partial charge in [0.2, 0.25) is 0 Å². The second-order valence-electron chi connectivity index (χ2n) is 7.00. The summed E-state index contributed by atoms with van der Waals surface area (Å²) in [5, 5.41) is 4.80. The van der Waals surface area contributed by atoms with Crippen LogP contribution >= 0.6 is 0 Å². The van der Waals surface area contributed by atoms with Gasteiger partial charge in [0.15, 0.2) is 36.3 Å². The van der Waals surface area contributed by atoms with Crippen LogP contribution in [0, 0.1) is 17.5 Å². The van der Waals surface area contributed by atoms with E-state index < -0.39 is 41.0 Å². The van der Waals surface area contributed by atoms with Crippen molar-refractivity contribution < 1.29 is 32.5 Å². The lowest BCUT2D eigenvalue weighted by Crippen LogP contribution is -3.11. The summed E-state index contributed by atoms with van der Waals surface area (Å²) in [6, 6.07) is 10.1. The topological polar surface area (TPSA) is 79.7 Å². The number of carbonyl (C=O) groups excluding carboxylic acids is 3. The number of benzene rings is 2. The molecule has 0 aliphatic rings. The molecule has 0 saturated heterocycles. The molecule has 1 unspecified atom stereocenters. The van der Waals surface area contributed by atoms with Gasteiger partial charge in [0.05, 0.1) is 18.8 Å². The van der Waals surface area contributed by atoms with Crippen molar-refractivity contribution in [1.82, 2.24) is 5.32 Å². The molecule has 0 aromatic heterocycles. The monoisotopic (exact) mass is 422 g/mol. The van der Waals surface area contributed by atoms with Gasteiger partial charge in [-0.25, -0.2) is 13.2 Å². The highest BCUT2D eigenvalue weighted by Gasteiger charge is 2.22. The molecule has 30 heavy (non-hydrogen) atoms. The zero-order chi connectivity index (χ0) is 22.3. The third-order valence-electron chi connectivity index (χ3n) is 4.34. The lowest BCUT2D eigenvalue weighted by molar-refractivity contribution is -0.862. The molecule has 0 spiro atoms. The number of likely N-dealkylation sites (N-methyl/N-ethyl adjacent to an activating group) is 1. The normalized spacial score (nSPS) is 12.7. The van der Waals surface area contributed by atoms with E-state index in [2.05, 4.69) is 10.6 Å². The van der Waals surface area contributed by atoms with Crippen LogP contribution in [0.25, 0.3) is 0 Å². The Hall–Kier alpha value is -3.20. The highest BCUT2D eigenvalue weighted by atomic mass is 19.2. The van der Waals surface area contributed by atoms with Gasteiger partial charge in [0.25, 0.3) is 11.8 Å². The minimum Gasteiger partial charge on any atom is -0.341 e. The Labute approximate surface area is 172 Å². The summed E-state index contributed by atoms with van der Waals surface area (Å²) in [6.45, 7) is 1.04. The smallest absolute Gasteiger partial charge is 0.279 e. The number of anilines is 1. The molecule has 0 saturated carbocycles. The first-order valence-electron chi connectivity index (χ1n) is 9.25. The Morgan fingerprint density at radius 2 is 1.57 bits per heavy atom. The summed E-state index contributed by atoms with van der Waals surface area (Å²) in [6.07, 6.45) is 0.344. The van der Waals surface area contributed by atoms with Crippen LogP contribution in [0.4, 0.5) is 18.9 Å². The van der Waals surface area contributed by atoms with Gasteiger partial charge in [0, 0.05) is 0 Å². The van der Waals surface area contributed by atoms with Gasteiger partial charge < -0.3 is 15.5 Å². The van der Waals surface area contributed by atoms with Crippen molar-refractivity contribution in [2.24, 2.45) is 0 Å². The van der Waals surface area contributed by atoms with Crippen LogP contribution in [0.15, 0.2) is 42.5 Å². The molecule has 6 nitrogen and oxygen atoms in total. The number of ketones is 1. The molecule has 2 amide bonds. The summed E-state index contributed by atoms with van der Waals surface area (Å²) in [5.41, 5.74) is 0.405. The fourth-order valence-corrected chi connectivity index (χ4v) is 2.82. The van der Waals surface area contributed by atoms with E-state index in [0.29, 0.717) is 17.4 Å². The van der Waals surface area contributed by atoms with Gasteiger partial charge in [-0.05, 0) is 31.0 Å². The number of halogens is 3. The number of nitrogens with one attached hydrogen (secondary N) is 3. The first-order chi connectivity index (χ1) is 14.2. The largest absolute Gasteiger partial charge is 0.341 e. The molecule has 3 N–H and O–H groups in total. The van der Waals surface area contributed by atoms with E-state index in [1.807, 2.05) is 30.3 Å². The highest BCUT2D eigenvalue weighted by molar-refractivity contribution is 5.92. The summed E-state index contributed by atoms with van der Waals surface area (Å²) in [7, 11) is 1.56. The Balaban J connectivity index is 1.87. The second kappa shape index (κ2) is 10.5. The van der Waals surface area contributed by atoms with Crippen LogP contribution in [-0.2, 0) is 20.8 Å². The summed E-state index contributed by atoms with van der Waals surface area (Å²) in [5.74, 6) is -5.85. The predicted octanol–water partition coefficient (Wildman–Crippen LogP) is 0.874. The van der Waals surface area contributed by atoms with Gasteiger partial charge in [-0.2, -0.15) is 0 Å². The maximum Gasteiger partial charge on any atom is 0.279 e. The van der Waals surface area contributed by atoms with Crippen LogP contribution < -0.4 is 15.5 Å². The Kier molecular flexibility index (Phi) is 8.11. The third-order valence-corrected chi connectivity index (χ3v) is 4.34. The first kappa shape index (κ1) is 23.1. The van der Waals surface area contributed by atoms with Crippen molar-refractivity contribution >= 4 is 23.3 Å². The SMILES string of the molecule is CC(=O)[C@H](Cc1ccccc1)NC(=O)C[NH+](C)CC(=O)Nc1ccc(F)c(F)c1F. The van der Waals surface area contributed by atoms with Gasteiger partial charge in [-0.15, -0.1) is 0 Å². The van der Waals surface area contributed by atoms with Crippen LogP contribution in [0.1, 0.15) is 12.5 Å². The maximum absolute atomic E-state index is 13.6. The summed E-state index contributed by atoms with van der Waals surface area (Å²) in [4.78, 5) is 36.6. The predicted molar refractivity (Wildman–Crippen MR) is 104 cm³/mol. The number of hydrogen-bond donors (Lipinski definition) is 3. The lowest BCUT2D eigenvalue weighted by Gasteiger charge is -2.18. The van der Waals surface area contributed by atoms with Crippen LogP contribution in [0.3, 0.4) is 0 Å². The number of rotatable bonds is 9. The molecule has 2 atom stereocenters. The molecule has 0 aliphatic heterocycles. The van der Waals surface area contributed by atoms with Gasteiger partial charge in [-0.3, -0.25) is 14.4 Å². The van der Waals surface area contributed by atoms with Crippen LogP contribution in [-0.4, -0.2) is 43.8 Å². The molecule has 0 fully saturated rings. The first-order valence-corrected chi connectivity index (χ1v) is 9.25. The fourth-order valence-electron chi connectivity index (χ4n) is 2.82. The molecule has 0 aliphatic carbocycles. The molecule has 9 heteroatoms. The number of Topliss-reactive ketones (excluding diaryl/α,β-unsaturated/α-hetero) is 1. The van der Waals surface area contributed by atoms with Crippen LogP contribution in [0.2, 0.25) is 0 Å². The van der Waals surface area contributed by atoms with Crippen molar-refractivity contribution in [3.05, 3.63) is 65.5 Å². The van der Waals surface area contributed by atoms with E-state index in [4.69, 9.17) is 0 Å². The van der Waals surface area contributed by atoms with E-state index in [9.17, 15) is 27.6 Å². The van der Waals surface area contributed by atoms with Crippen molar-refractivity contribution in [1.29, 1.82) is 0 Å². The van der Waals surface area contributed by atoms with Crippen molar-refractivity contribution in [2.45, 2.75) is 19.4 Å². The Morgan fingerprint density at radius 3 is 2.20 bits per heavy atom. The van der Waals surface area contributed by atoms with Crippen molar-refractivity contribution in [2.75, 3.05) is 25.5 Å². The molecule has 2 aromatic rings. The quantitative estimate of drug-likeness (QED) is 0.525. The minimum atomic E-state index is -1.68. The number of carbonyl (C=O) groups is 3. The third kappa shape index (κ3) is 6.70. The van der Waals surface area contributed by atoms with E-state index in [1.165, 1.54) is 6.92 Å². The molecule has 160 valence electrons. The fraction of sp³-hybridized carbons (Fsp3) is 0.286. The molecule has 2 rings (SSSR count). The molecule has 0 radical (unpaired) electrons. The van der Waals surface area contributed by atoms with Crippen LogP contribution in [0.5, 0.6) is 0 Å². The minimum absolute atomic E-state index is 0.119. The highest BCUT2D eigenvalue weighted by Crippen LogP contribution is 2.19. The van der Waals surface area contributed by atoms with E-state index in [0.717, 1.165) is 11.6 Å². The van der Waals surface area contributed by atoms with Crippen molar-refractivity contribution in [3.63, 3.8) is 0 Å².